The van der Waals surface area contributed by atoms with Crippen LogP contribution in [-0.4, -0.2) is 74.3 Å². The molecule has 0 saturated carbocycles. The molecule has 0 heterocycles. The Bertz CT molecular complexity index is 1450. The Morgan fingerprint density at radius 3 is 1.32 bits per heavy atom. The van der Waals surface area contributed by atoms with Crippen molar-refractivity contribution in [3.05, 3.63) is 72.9 Å². The maximum Gasteiger partial charge on any atom is 0.472 e. The third-order valence-corrected chi connectivity index (χ3v) is 13.6. The third-order valence-electron chi connectivity index (χ3n) is 12.6. The summed E-state index contributed by atoms with van der Waals surface area (Å²) in [5.41, 5.74) is 0. The van der Waals surface area contributed by atoms with Crippen LogP contribution in [0.2, 0.25) is 0 Å². The molecule has 9 nitrogen and oxygen atoms in total. The first-order chi connectivity index (χ1) is 34.4. The number of carbonyl (C=O) groups excluding carboxylic acids is 2. The number of quaternary nitrogens is 1. The molecule has 3 unspecified atom stereocenters. The molecule has 0 aliphatic rings. The van der Waals surface area contributed by atoms with Gasteiger partial charge in [-0.3, -0.25) is 18.6 Å². The van der Waals surface area contributed by atoms with Crippen LogP contribution in [0.5, 0.6) is 0 Å². The molecule has 3 atom stereocenters. The second-order valence-electron chi connectivity index (χ2n) is 20.8. The van der Waals surface area contributed by atoms with E-state index >= 15 is 0 Å². The molecular formula is C61H112N2O7P+. The molecule has 0 aliphatic heterocycles. The second kappa shape index (κ2) is 51.0. The van der Waals surface area contributed by atoms with Crippen LogP contribution >= 0.6 is 7.82 Å². The van der Waals surface area contributed by atoms with Crippen LogP contribution in [0.1, 0.15) is 252 Å². The lowest BCUT2D eigenvalue weighted by molar-refractivity contribution is -0.870. The Balaban J connectivity index is 5.43. The number of nitrogens with one attached hydrogen (secondary N) is 1. The maximum atomic E-state index is 13.5. The van der Waals surface area contributed by atoms with E-state index in [-0.39, 0.29) is 31.5 Å². The predicted molar refractivity (Wildman–Crippen MR) is 305 cm³/mol. The SMILES string of the molecule is CCCCC/C=C\C/C=C\C/C=C\C/C=C\CCCCCC(=O)NC(COP(=O)(O)OCC[N+](C)(C)C)C(/C=C\CCCCCCCCCCCCC)OC(=O)CCCCC/C=C\CCCCCCCC. The number of allylic oxidation sites excluding steroid dienone is 11. The normalized spacial score (nSPS) is 14.3. The number of hydrogen-bond acceptors (Lipinski definition) is 6. The van der Waals surface area contributed by atoms with Crippen LogP contribution in [0, 0.1) is 0 Å². The van der Waals surface area contributed by atoms with Crippen molar-refractivity contribution in [1.82, 2.24) is 5.32 Å². The number of amides is 1. The lowest BCUT2D eigenvalue weighted by Crippen LogP contribution is -2.47. The summed E-state index contributed by atoms with van der Waals surface area (Å²) in [6.45, 7) is 6.94. The number of carbonyl (C=O) groups is 2. The first-order valence-corrected chi connectivity index (χ1v) is 30.8. The third kappa shape index (κ3) is 52.1. The van der Waals surface area contributed by atoms with Crippen molar-refractivity contribution in [2.75, 3.05) is 40.9 Å². The zero-order chi connectivity index (χ0) is 52.2. The van der Waals surface area contributed by atoms with Gasteiger partial charge in [-0.15, -0.1) is 0 Å². The molecule has 0 aromatic carbocycles. The monoisotopic (exact) mass is 1020 g/mol. The number of hydrogen-bond donors (Lipinski definition) is 2. The summed E-state index contributed by atoms with van der Waals surface area (Å²) in [5.74, 6) is -0.560. The lowest BCUT2D eigenvalue weighted by atomic mass is 10.0. The molecule has 412 valence electrons. The quantitative estimate of drug-likeness (QED) is 0.0205. The number of likely N-dealkylation sites (N-methyl/N-ethyl adjacent to an activating group) is 1. The molecule has 2 N–H and O–H groups in total. The van der Waals surface area contributed by atoms with Gasteiger partial charge in [0.15, 0.2) is 0 Å². The fourth-order valence-corrected chi connectivity index (χ4v) is 8.77. The fraction of sp³-hybridized carbons (Fsp3) is 0.770. The number of esters is 1. The molecule has 1 amide bonds. The standard InChI is InChI=1S/C61H111N2O7P/c1-7-10-13-16-19-22-25-28-29-30-31-32-33-36-38-41-44-47-50-53-60(64)62-58(57-69-71(66,67)68-56-55-63(4,5)6)59(52-49-46-43-40-37-34-26-23-20-17-14-11-8-2)70-61(65)54-51-48-45-42-39-35-27-24-21-18-15-12-9-3/h19,22,28-29,31-32,35-36,38-39,49,52,58-59H,7-18,20-21,23-27,30,33-34,37,40-48,50-51,53-57H2,1-6H3,(H-,62,64,66,67)/p+1/b22-19-,29-28-,32-31-,38-36-,39-35-,52-49-. The molecule has 0 aliphatic carbocycles. The summed E-state index contributed by atoms with van der Waals surface area (Å²) in [5, 5.41) is 3.03. The van der Waals surface area contributed by atoms with Gasteiger partial charge in [0, 0.05) is 12.8 Å². The number of unbranched alkanes of at least 4 members (excludes halogenated alkanes) is 26. The van der Waals surface area contributed by atoms with Crippen LogP contribution in [0.25, 0.3) is 0 Å². The summed E-state index contributed by atoms with van der Waals surface area (Å²) >= 11 is 0. The summed E-state index contributed by atoms with van der Waals surface area (Å²) in [6, 6.07) is -0.872. The summed E-state index contributed by atoms with van der Waals surface area (Å²) in [6.07, 6.45) is 64.7. The van der Waals surface area contributed by atoms with E-state index in [1.165, 1.54) is 122 Å². The molecule has 0 saturated heterocycles. The van der Waals surface area contributed by atoms with Gasteiger partial charge in [0.25, 0.3) is 0 Å². The molecule has 71 heavy (non-hydrogen) atoms. The van der Waals surface area contributed by atoms with Gasteiger partial charge in [-0.1, -0.05) is 210 Å². The van der Waals surface area contributed by atoms with Crippen molar-refractivity contribution in [2.45, 2.75) is 264 Å². The molecule has 0 radical (unpaired) electrons. The smallest absolute Gasteiger partial charge is 0.456 e. The Kier molecular flexibility index (Phi) is 49.1. The summed E-state index contributed by atoms with van der Waals surface area (Å²) in [7, 11) is 1.46. The number of phosphoric ester groups is 1. The van der Waals surface area contributed by atoms with E-state index in [1.807, 2.05) is 33.3 Å². The van der Waals surface area contributed by atoms with Crippen molar-refractivity contribution >= 4 is 19.7 Å². The van der Waals surface area contributed by atoms with E-state index in [0.29, 0.717) is 30.3 Å². The van der Waals surface area contributed by atoms with Gasteiger partial charge in [-0.05, 0) is 102 Å². The highest BCUT2D eigenvalue weighted by Crippen LogP contribution is 2.43. The van der Waals surface area contributed by atoms with E-state index in [4.69, 9.17) is 13.8 Å². The number of rotatable bonds is 52. The highest BCUT2D eigenvalue weighted by Gasteiger charge is 2.30. The van der Waals surface area contributed by atoms with Gasteiger partial charge in [0.2, 0.25) is 5.91 Å². The average Bonchev–Trinajstić information content (AvgIpc) is 3.33. The van der Waals surface area contributed by atoms with E-state index in [1.54, 1.807) is 0 Å². The predicted octanol–water partition coefficient (Wildman–Crippen LogP) is 17.7. The molecule has 0 rings (SSSR count). The van der Waals surface area contributed by atoms with Crippen LogP contribution in [0.4, 0.5) is 0 Å². The minimum atomic E-state index is -4.46. The Labute approximate surface area is 438 Å². The van der Waals surface area contributed by atoms with Crippen LogP contribution in [0.15, 0.2) is 72.9 Å². The molecule has 10 heteroatoms. The molecule has 0 fully saturated rings. The number of nitrogens with zero attached hydrogens (tertiary/aromatic N) is 1. The van der Waals surface area contributed by atoms with Crippen LogP contribution in [-0.2, 0) is 27.9 Å². The van der Waals surface area contributed by atoms with Gasteiger partial charge in [-0.25, -0.2) is 4.57 Å². The average molecular weight is 1020 g/mol. The Morgan fingerprint density at radius 1 is 0.493 bits per heavy atom. The first-order valence-electron chi connectivity index (χ1n) is 29.3. The van der Waals surface area contributed by atoms with Gasteiger partial charge >= 0.3 is 13.8 Å². The Morgan fingerprint density at radius 2 is 0.859 bits per heavy atom. The molecular weight excluding hydrogens is 904 g/mol. The number of ether oxygens (including phenoxy) is 1. The highest BCUT2D eigenvalue weighted by molar-refractivity contribution is 7.47. The molecule has 0 aromatic heterocycles. The van der Waals surface area contributed by atoms with Crippen molar-refractivity contribution in [2.24, 2.45) is 0 Å². The first kappa shape index (κ1) is 68.5. The summed E-state index contributed by atoms with van der Waals surface area (Å²) < 4.78 is 30.6. The van der Waals surface area contributed by atoms with Gasteiger partial charge in [0.05, 0.1) is 33.8 Å². The zero-order valence-corrected chi connectivity index (χ0v) is 47.8. The van der Waals surface area contributed by atoms with Gasteiger partial charge in [0.1, 0.15) is 19.3 Å². The van der Waals surface area contributed by atoms with Crippen LogP contribution in [0.3, 0.4) is 0 Å². The van der Waals surface area contributed by atoms with Crippen molar-refractivity contribution in [1.29, 1.82) is 0 Å². The zero-order valence-electron chi connectivity index (χ0n) is 47.0. The van der Waals surface area contributed by atoms with Crippen molar-refractivity contribution < 1.29 is 37.3 Å². The van der Waals surface area contributed by atoms with E-state index in [2.05, 4.69) is 86.8 Å². The maximum absolute atomic E-state index is 13.5. The van der Waals surface area contributed by atoms with Crippen LogP contribution < -0.4 is 5.32 Å². The topological polar surface area (TPSA) is 111 Å². The van der Waals surface area contributed by atoms with E-state index in [0.717, 1.165) is 83.5 Å². The fourth-order valence-electron chi connectivity index (χ4n) is 8.03. The minimum Gasteiger partial charge on any atom is -0.456 e. The number of phosphoric acid groups is 1. The van der Waals surface area contributed by atoms with Gasteiger partial charge in [-0.2, -0.15) is 0 Å². The second-order valence-corrected chi connectivity index (χ2v) is 22.3. The van der Waals surface area contributed by atoms with Crippen molar-refractivity contribution in [3.63, 3.8) is 0 Å². The Hall–Kier alpha value is -2.55. The van der Waals surface area contributed by atoms with Crippen molar-refractivity contribution in [3.8, 4) is 0 Å². The highest BCUT2D eigenvalue weighted by atomic mass is 31.2. The molecule has 0 spiro atoms. The molecule has 0 aromatic rings. The molecule has 0 bridgehead atoms. The lowest BCUT2D eigenvalue weighted by Gasteiger charge is -2.27. The largest absolute Gasteiger partial charge is 0.472 e. The van der Waals surface area contributed by atoms with E-state index in [9.17, 15) is 19.0 Å². The van der Waals surface area contributed by atoms with Gasteiger partial charge < -0.3 is 19.4 Å². The van der Waals surface area contributed by atoms with E-state index < -0.39 is 20.0 Å². The summed E-state index contributed by atoms with van der Waals surface area (Å²) in [4.78, 5) is 37.6. The minimum absolute atomic E-state index is 0.0293.